The molecule has 1 fully saturated rings. The van der Waals surface area contributed by atoms with E-state index in [9.17, 15) is 5.11 Å². The third-order valence-corrected chi connectivity index (χ3v) is 4.79. The Morgan fingerprint density at radius 2 is 1.96 bits per heavy atom. The maximum Gasteiger partial charge on any atom is 0.209 e. The fourth-order valence-corrected chi connectivity index (χ4v) is 3.35. The van der Waals surface area contributed by atoms with Gasteiger partial charge in [-0.25, -0.2) is 15.0 Å². The quantitative estimate of drug-likeness (QED) is 0.653. The van der Waals surface area contributed by atoms with E-state index in [1.807, 2.05) is 30.7 Å². The lowest BCUT2D eigenvalue weighted by Crippen LogP contribution is -2.29. The van der Waals surface area contributed by atoms with Gasteiger partial charge in [-0.05, 0) is 50.7 Å². The number of nitrogen functional groups attached to an aromatic ring is 1. The van der Waals surface area contributed by atoms with Crippen LogP contribution in [-0.2, 0) is 7.05 Å². The minimum absolute atomic E-state index is 0.264. The van der Waals surface area contributed by atoms with Crippen molar-refractivity contribution >= 4 is 17.0 Å². The van der Waals surface area contributed by atoms with Crippen LogP contribution in [0.25, 0.3) is 22.7 Å². The lowest BCUT2D eigenvalue weighted by atomic mass is 9.85. The van der Waals surface area contributed by atoms with Crippen LogP contribution in [0, 0.1) is 18.8 Å². The van der Waals surface area contributed by atoms with E-state index in [1.165, 1.54) is 0 Å². The molecule has 4 rings (SSSR count). The number of anilines is 1. The summed E-state index contributed by atoms with van der Waals surface area (Å²) in [6, 6.07) is 3.74. The van der Waals surface area contributed by atoms with Crippen molar-refractivity contribution < 1.29 is 9.52 Å². The Hall–Kier alpha value is -2.85. The summed E-state index contributed by atoms with van der Waals surface area (Å²) < 4.78 is 7.47. The van der Waals surface area contributed by atoms with Crippen molar-refractivity contribution in [2.24, 2.45) is 7.05 Å². The van der Waals surface area contributed by atoms with Gasteiger partial charge in [-0.15, -0.1) is 0 Å². The highest BCUT2D eigenvalue weighted by atomic mass is 16.3. The summed E-state index contributed by atoms with van der Waals surface area (Å²) in [6.45, 7) is 1.88. The van der Waals surface area contributed by atoms with Crippen LogP contribution in [0.1, 0.15) is 43.7 Å². The summed E-state index contributed by atoms with van der Waals surface area (Å²) in [5, 5.41) is 10.5. The van der Waals surface area contributed by atoms with Crippen LogP contribution in [0.2, 0.25) is 0 Å². The first-order valence-electron chi connectivity index (χ1n) is 8.77. The summed E-state index contributed by atoms with van der Waals surface area (Å²) in [6.07, 6.45) is 4.49. The molecule has 1 saturated carbocycles. The van der Waals surface area contributed by atoms with E-state index in [2.05, 4.69) is 26.8 Å². The van der Waals surface area contributed by atoms with Gasteiger partial charge in [0.1, 0.15) is 11.4 Å². The Labute approximate surface area is 151 Å². The monoisotopic (exact) mass is 351 g/mol. The number of nitrogens with two attached hydrogens (primary N) is 1. The van der Waals surface area contributed by atoms with E-state index in [-0.39, 0.29) is 5.82 Å². The number of imidazole rings is 1. The van der Waals surface area contributed by atoms with Gasteiger partial charge in [0.2, 0.25) is 5.82 Å². The number of nitrogens with zero attached hydrogens (tertiary/aromatic N) is 4. The summed E-state index contributed by atoms with van der Waals surface area (Å²) >= 11 is 0. The maximum atomic E-state index is 10.5. The second-order valence-electron chi connectivity index (χ2n) is 6.85. The van der Waals surface area contributed by atoms with E-state index in [4.69, 9.17) is 10.2 Å². The molecule has 1 aliphatic rings. The van der Waals surface area contributed by atoms with Crippen LogP contribution in [-0.4, -0.2) is 30.2 Å². The molecule has 0 aliphatic heterocycles. The summed E-state index contributed by atoms with van der Waals surface area (Å²) in [4.78, 5) is 13.3. The molecule has 1 aliphatic carbocycles. The maximum absolute atomic E-state index is 10.5. The molecule has 0 atom stereocenters. The number of fused-ring (bicyclic) bond motifs is 1. The summed E-state index contributed by atoms with van der Waals surface area (Å²) in [7, 11) is 1.85. The van der Waals surface area contributed by atoms with Crippen LogP contribution >= 0.6 is 0 Å². The van der Waals surface area contributed by atoms with Gasteiger partial charge < -0.3 is 19.8 Å². The van der Waals surface area contributed by atoms with Crippen molar-refractivity contribution in [3.05, 3.63) is 23.7 Å². The predicted octanol–water partition coefficient (Wildman–Crippen LogP) is 2.56. The van der Waals surface area contributed by atoms with Gasteiger partial charge in [-0.2, -0.15) is 0 Å². The number of rotatable bonds is 1. The van der Waals surface area contributed by atoms with Gasteiger partial charge in [0.25, 0.3) is 0 Å². The molecule has 0 amide bonds. The molecule has 7 heteroatoms. The number of hydrogen-bond donors (Lipinski definition) is 2. The molecule has 3 aromatic rings. The smallest absolute Gasteiger partial charge is 0.209 e. The Morgan fingerprint density at radius 1 is 1.19 bits per heavy atom. The van der Waals surface area contributed by atoms with Crippen molar-refractivity contribution in [2.45, 2.75) is 44.6 Å². The number of hydrogen-bond acceptors (Lipinski definition) is 6. The normalized spacial score (nSPS) is 16.4. The minimum Gasteiger partial charge on any atom is -0.458 e. The average Bonchev–Trinajstić information content (AvgIpc) is 3.18. The number of aliphatic hydroxyl groups is 1. The fraction of sp³-hybridized carbons (Fsp3) is 0.421. The molecule has 3 heterocycles. The van der Waals surface area contributed by atoms with Crippen LogP contribution in [0.15, 0.2) is 16.5 Å². The molecular weight excluding hydrogens is 330 g/mol. The largest absolute Gasteiger partial charge is 0.458 e. The van der Waals surface area contributed by atoms with E-state index in [1.54, 1.807) is 0 Å². The molecule has 0 spiro atoms. The highest BCUT2D eigenvalue weighted by Crippen LogP contribution is 2.28. The zero-order valence-electron chi connectivity index (χ0n) is 14.9. The van der Waals surface area contributed by atoms with Gasteiger partial charge in [0.15, 0.2) is 28.6 Å². The van der Waals surface area contributed by atoms with Crippen molar-refractivity contribution in [1.29, 1.82) is 0 Å². The molecule has 3 aromatic heterocycles. The molecular formula is C19H21N5O2. The minimum atomic E-state index is -0.950. The zero-order valence-corrected chi connectivity index (χ0v) is 14.9. The van der Waals surface area contributed by atoms with Crippen molar-refractivity contribution in [2.75, 3.05) is 5.73 Å². The SMILES string of the molecule is Cc1ccc(-c2nc3c(N)nc(C#CC4(O)CCCCC4)nc3n2C)o1. The third kappa shape index (κ3) is 2.93. The van der Waals surface area contributed by atoms with E-state index in [0.29, 0.717) is 41.4 Å². The molecule has 0 bridgehead atoms. The summed E-state index contributed by atoms with van der Waals surface area (Å²) in [5.74, 6) is 8.48. The molecule has 0 saturated heterocycles. The first-order chi connectivity index (χ1) is 12.5. The molecule has 134 valence electrons. The molecule has 0 unspecified atom stereocenters. The van der Waals surface area contributed by atoms with E-state index < -0.39 is 5.60 Å². The van der Waals surface area contributed by atoms with Crippen LogP contribution in [0.4, 0.5) is 5.82 Å². The van der Waals surface area contributed by atoms with Crippen molar-refractivity contribution in [3.63, 3.8) is 0 Å². The van der Waals surface area contributed by atoms with Crippen LogP contribution < -0.4 is 5.73 Å². The first kappa shape index (κ1) is 16.6. The molecule has 0 radical (unpaired) electrons. The lowest BCUT2D eigenvalue weighted by Gasteiger charge is -2.26. The van der Waals surface area contributed by atoms with Crippen molar-refractivity contribution in [1.82, 2.24) is 19.5 Å². The predicted molar refractivity (Wildman–Crippen MR) is 98.1 cm³/mol. The van der Waals surface area contributed by atoms with E-state index >= 15 is 0 Å². The molecule has 0 aromatic carbocycles. The summed E-state index contributed by atoms with van der Waals surface area (Å²) in [5.41, 5.74) is 6.22. The van der Waals surface area contributed by atoms with E-state index in [0.717, 1.165) is 25.0 Å². The molecule has 26 heavy (non-hydrogen) atoms. The Balaban J connectivity index is 1.76. The highest BCUT2D eigenvalue weighted by molar-refractivity contribution is 5.85. The second kappa shape index (κ2) is 6.15. The fourth-order valence-electron chi connectivity index (χ4n) is 3.35. The first-order valence-corrected chi connectivity index (χ1v) is 8.77. The van der Waals surface area contributed by atoms with Gasteiger partial charge in [-0.1, -0.05) is 12.3 Å². The second-order valence-corrected chi connectivity index (χ2v) is 6.85. The van der Waals surface area contributed by atoms with Gasteiger partial charge >= 0.3 is 0 Å². The van der Waals surface area contributed by atoms with Gasteiger partial charge in [-0.3, -0.25) is 0 Å². The zero-order chi connectivity index (χ0) is 18.3. The average molecular weight is 351 g/mol. The van der Waals surface area contributed by atoms with Crippen LogP contribution in [0.3, 0.4) is 0 Å². The Kier molecular flexibility index (Phi) is 3.93. The topological polar surface area (TPSA) is 103 Å². The number of furan rings is 1. The number of aryl methyl sites for hydroxylation is 2. The standard InChI is InChI=1S/C19H21N5O2/c1-12-6-7-13(26-12)17-23-15-16(20)21-14(22-18(15)24(17)2)8-11-19(25)9-4-3-5-10-19/h6-7,25H,3-5,9-10H2,1-2H3,(H2,20,21,22). The van der Waals surface area contributed by atoms with Crippen molar-refractivity contribution in [3.8, 4) is 23.4 Å². The van der Waals surface area contributed by atoms with Gasteiger partial charge in [0, 0.05) is 7.05 Å². The third-order valence-electron chi connectivity index (χ3n) is 4.79. The molecule has 7 nitrogen and oxygen atoms in total. The lowest BCUT2D eigenvalue weighted by molar-refractivity contribution is 0.0610. The highest BCUT2D eigenvalue weighted by Gasteiger charge is 2.26. The Morgan fingerprint density at radius 3 is 2.65 bits per heavy atom. The van der Waals surface area contributed by atoms with Gasteiger partial charge in [0.05, 0.1) is 0 Å². The van der Waals surface area contributed by atoms with Crippen LogP contribution in [0.5, 0.6) is 0 Å². The number of aromatic nitrogens is 4. The molecule has 3 N–H and O–H groups in total. The Bertz CT molecular complexity index is 1030.